The van der Waals surface area contributed by atoms with Gasteiger partial charge in [0, 0.05) is 31.7 Å². The van der Waals surface area contributed by atoms with Crippen LogP contribution in [0.25, 0.3) is 11.1 Å². The molecule has 0 saturated carbocycles. The van der Waals surface area contributed by atoms with Crippen molar-refractivity contribution in [2.75, 3.05) is 44.7 Å². The summed E-state index contributed by atoms with van der Waals surface area (Å²) >= 11 is 1.19. The number of nitrogens with zero attached hydrogens (tertiary/aromatic N) is 5. The standard InChI is InChI=1S/C20H20N6OS/c1-25-7-9-26(10-8-25)17(27)13-28-20-16(12-22)18(14-5-3-2-4-6-14)15(11-21)19(23)24-20/h2-6H,7-10,13H2,1H3,(H2,23,24). The summed E-state index contributed by atoms with van der Waals surface area (Å²) in [6, 6.07) is 13.4. The van der Waals surface area contributed by atoms with Crippen molar-refractivity contribution >= 4 is 23.5 Å². The van der Waals surface area contributed by atoms with Gasteiger partial charge < -0.3 is 15.5 Å². The number of benzene rings is 1. The Balaban J connectivity index is 1.90. The van der Waals surface area contributed by atoms with Gasteiger partial charge in [-0.25, -0.2) is 4.98 Å². The number of hydrogen-bond donors (Lipinski definition) is 1. The van der Waals surface area contributed by atoms with Crippen molar-refractivity contribution in [3.63, 3.8) is 0 Å². The first-order valence-electron chi connectivity index (χ1n) is 8.83. The highest BCUT2D eigenvalue weighted by atomic mass is 32.2. The van der Waals surface area contributed by atoms with Crippen LogP contribution in [0.4, 0.5) is 5.82 Å². The number of piperazine rings is 1. The molecule has 28 heavy (non-hydrogen) atoms. The molecule has 2 heterocycles. The monoisotopic (exact) mass is 392 g/mol. The summed E-state index contributed by atoms with van der Waals surface area (Å²) in [5.74, 6) is 0.244. The molecule has 0 spiro atoms. The second-order valence-electron chi connectivity index (χ2n) is 6.49. The molecule has 0 atom stereocenters. The fourth-order valence-corrected chi connectivity index (χ4v) is 3.97. The molecule has 1 aromatic heterocycles. The molecule has 1 saturated heterocycles. The molecular formula is C20H20N6OS. The second-order valence-corrected chi connectivity index (χ2v) is 7.45. The fraction of sp³-hybridized carbons (Fsp3) is 0.300. The number of carbonyl (C=O) groups is 1. The Morgan fingerprint density at radius 2 is 1.79 bits per heavy atom. The largest absolute Gasteiger partial charge is 0.383 e. The van der Waals surface area contributed by atoms with Gasteiger partial charge in [0.2, 0.25) is 5.91 Å². The molecule has 1 aliphatic rings. The molecule has 1 aliphatic heterocycles. The zero-order valence-corrected chi connectivity index (χ0v) is 16.4. The van der Waals surface area contributed by atoms with E-state index in [9.17, 15) is 15.3 Å². The van der Waals surface area contributed by atoms with Gasteiger partial charge in [0.25, 0.3) is 0 Å². The highest BCUT2D eigenvalue weighted by molar-refractivity contribution is 8.00. The molecule has 1 aromatic carbocycles. The van der Waals surface area contributed by atoms with E-state index in [4.69, 9.17) is 5.73 Å². The molecule has 1 fully saturated rings. The minimum atomic E-state index is 0.00739. The van der Waals surface area contributed by atoms with Gasteiger partial charge in [-0.3, -0.25) is 4.79 Å². The van der Waals surface area contributed by atoms with Crippen LogP contribution in [0.15, 0.2) is 35.4 Å². The Hall–Kier alpha value is -3.07. The van der Waals surface area contributed by atoms with E-state index in [2.05, 4.69) is 22.0 Å². The number of hydrogen-bond acceptors (Lipinski definition) is 7. The Labute approximate surface area is 168 Å². The lowest BCUT2D eigenvalue weighted by molar-refractivity contribution is -0.129. The van der Waals surface area contributed by atoms with Crippen molar-refractivity contribution < 1.29 is 4.79 Å². The van der Waals surface area contributed by atoms with Gasteiger partial charge in [-0.15, -0.1) is 0 Å². The van der Waals surface area contributed by atoms with Crippen LogP contribution >= 0.6 is 11.8 Å². The summed E-state index contributed by atoms with van der Waals surface area (Å²) in [5.41, 5.74) is 7.64. The number of nitrogens with two attached hydrogens (primary N) is 1. The van der Waals surface area contributed by atoms with E-state index in [1.165, 1.54) is 11.8 Å². The third kappa shape index (κ3) is 4.09. The Morgan fingerprint density at radius 1 is 1.14 bits per heavy atom. The first-order valence-corrected chi connectivity index (χ1v) is 9.82. The third-order valence-electron chi connectivity index (χ3n) is 4.67. The summed E-state index contributed by atoms with van der Waals surface area (Å²) < 4.78 is 0. The van der Waals surface area contributed by atoms with E-state index < -0.39 is 0 Å². The van der Waals surface area contributed by atoms with Crippen LogP contribution in [0.1, 0.15) is 11.1 Å². The molecule has 3 rings (SSSR count). The number of rotatable bonds is 4. The van der Waals surface area contributed by atoms with Crippen LogP contribution in [0.2, 0.25) is 0 Å². The molecule has 1 amide bonds. The van der Waals surface area contributed by atoms with E-state index in [0.717, 1.165) is 18.7 Å². The number of amides is 1. The smallest absolute Gasteiger partial charge is 0.233 e. The molecule has 0 aliphatic carbocycles. The maximum atomic E-state index is 12.5. The number of thioether (sulfide) groups is 1. The molecular weight excluding hydrogens is 372 g/mol. The molecule has 2 aromatic rings. The molecule has 8 heteroatoms. The average Bonchev–Trinajstić information content (AvgIpc) is 2.72. The van der Waals surface area contributed by atoms with Crippen molar-refractivity contribution in [1.82, 2.24) is 14.8 Å². The van der Waals surface area contributed by atoms with Crippen LogP contribution in [-0.4, -0.2) is 59.7 Å². The zero-order valence-electron chi connectivity index (χ0n) is 15.6. The predicted octanol–water partition coefficient (Wildman–Crippen LogP) is 1.94. The van der Waals surface area contributed by atoms with Crippen molar-refractivity contribution in [2.24, 2.45) is 0 Å². The molecule has 0 radical (unpaired) electrons. The van der Waals surface area contributed by atoms with E-state index in [1.807, 2.05) is 42.3 Å². The molecule has 0 unspecified atom stereocenters. The SMILES string of the molecule is CN1CCN(C(=O)CSc2nc(N)c(C#N)c(-c3ccccc3)c2C#N)CC1. The zero-order chi connectivity index (χ0) is 20.1. The predicted molar refractivity (Wildman–Crippen MR) is 108 cm³/mol. The first-order chi connectivity index (χ1) is 13.5. The summed E-state index contributed by atoms with van der Waals surface area (Å²) in [6.45, 7) is 3.08. The van der Waals surface area contributed by atoms with Gasteiger partial charge >= 0.3 is 0 Å². The molecule has 0 bridgehead atoms. The Morgan fingerprint density at radius 3 is 2.39 bits per heavy atom. The highest BCUT2D eigenvalue weighted by Gasteiger charge is 2.23. The van der Waals surface area contributed by atoms with E-state index >= 15 is 0 Å². The van der Waals surface area contributed by atoms with Crippen LogP contribution in [0.3, 0.4) is 0 Å². The van der Waals surface area contributed by atoms with Crippen molar-refractivity contribution in [3.8, 4) is 23.3 Å². The average molecular weight is 392 g/mol. The van der Waals surface area contributed by atoms with Gasteiger partial charge in [0.05, 0.1) is 11.3 Å². The van der Waals surface area contributed by atoms with Crippen molar-refractivity contribution in [2.45, 2.75) is 5.03 Å². The van der Waals surface area contributed by atoms with Crippen LogP contribution in [-0.2, 0) is 4.79 Å². The maximum Gasteiger partial charge on any atom is 0.233 e. The summed E-state index contributed by atoms with van der Waals surface area (Å²) in [6.07, 6.45) is 0. The van der Waals surface area contributed by atoms with Crippen molar-refractivity contribution in [3.05, 3.63) is 41.5 Å². The van der Waals surface area contributed by atoms with Crippen LogP contribution in [0, 0.1) is 22.7 Å². The van der Waals surface area contributed by atoms with E-state index in [-0.39, 0.29) is 28.6 Å². The summed E-state index contributed by atoms with van der Waals surface area (Å²) in [4.78, 5) is 20.8. The number of anilines is 1. The lowest BCUT2D eigenvalue weighted by atomic mass is 9.97. The quantitative estimate of drug-likeness (QED) is 0.792. The fourth-order valence-electron chi connectivity index (χ4n) is 3.07. The number of nitrogen functional groups attached to an aromatic ring is 1. The minimum absolute atomic E-state index is 0.00739. The molecule has 7 nitrogen and oxygen atoms in total. The van der Waals surface area contributed by atoms with Gasteiger partial charge in [-0.2, -0.15) is 10.5 Å². The van der Waals surface area contributed by atoms with Gasteiger partial charge in [0.15, 0.2) is 0 Å². The third-order valence-corrected chi connectivity index (χ3v) is 5.63. The summed E-state index contributed by atoms with van der Waals surface area (Å²) in [7, 11) is 2.03. The van der Waals surface area contributed by atoms with E-state index in [1.54, 1.807) is 0 Å². The second kappa shape index (κ2) is 8.75. The number of carbonyl (C=O) groups excluding carboxylic acids is 1. The van der Waals surface area contributed by atoms with Crippen LogP contribution in [0.5, 0.6) is 0 Å². The molecule has 142 valence electrons. The maximum absolute atomic E-state index is 12.5. The van der Waals surface area contributed by atoms with Crippen LogP contribution < -0.4 is 5.73 Å². The number of likely N-dealkylation sites (N-methyl/N-ethyl adjacent to an activating group) is 1. The number of aromatic nitrogens is 1. The van der Waals surface area contributed by atoms with Gasteiger partial charge in [-0.05, 0) is 12.6 Å². The first kappa shape index (κ1) is 19.7. The van der Waals surface area contributed by atoms with Gasteiger partial charge in [-0.1, -0.05) is 42.1 Å². The number of pyridine rings is 1. The summed E-state index contributed by atoms with van der Waals surface area (Å²) in [5, 5.41) is 19.7. The Bertz CT molecular complexity index is 955. The topological polar surface area (TPSA) is 110 Å². The van der Waals surface area contributed by atoms with Crippen molar-refractivity contribution in [1.29, 1.82) is 10.5 Å². The molecule has 2 N–H and O–H groups in total. The highest BCUT2D eigenvalue weighted by Crippen LogP contribution is 2.35. The lowest BCUT2D eigenvalue weighted by Crippen LogP contribution is -2.47. The normalized spacial score (nSPS) is 14.3. The minimum Gasteiger partial charge on any atom is -0.383 e. The van der Waals surface area contributed by atoms with E-state index in [0.29, 0.717) is 23.7 Å². The van der Waals surface area contributed by atoms with Gasteiger partial charge in [0.1, 0.15) is 28.5 Å². The lowest BCUT2D eigenvalue weighted by Gasteiger charge is -2.32. The number of nitriles is 2. The Kier molecular flexibility index (Phi) is 6.15.